The third kappa shape index (κ3) is 2.74. The highest BCUT2D eigenvalue weighted by Gasteiger charge is 2.04. The lowest BCUT2D eigenvalue weighted by Crippen LogP contribution is -2.16. The standard InChI is InChI=1S/C12H17.CH3.Mg/c1-4-5-8-12-9-6-7-10(2)11(12)3;;/h6,9H,4-5,8H2,1-3H3;1H3;. The zero-order valence-electron chi connectivity index (χ0n) is 9.98. The molecule has 74 valence electrons. The predicted octanol–water partition coefficient (Wildman–Crippen LogP) is 3.02. The molecule has 1 aromatic carbocycles. The molecule has 0 aliphatic carbocycles. The maximum Gasteiger partial charge on any atom is 0.405 e. The summed E-state index contributed by atoms with van der Waals surface area (Å²) in [5.74, 6) is 0. The van der Waals surface area contributed by atoms with E-state index in [9.17, 15) is 0 Å². The number of hydrogen-bond donors (Lipinski definition) is 0. The minimum atomic E-state index is 0.00579. The van der Waals surface area contributed by atoms with Crippen molar-refractivity contribution in [2.75, 3.05) is 0 Å². The maximum atomic E-state index is 2.37. The minimum Gasteiger partial charge on any atom is -0.171 e. The Morgan fingerprint density at radius 1 is 1.14 bits per heavy atom. The molecule has 0 fully saturated rings. The van der Waals surface area contributed by atoms with Crippen molar-refractivity contribution in [1.29, 1.82) is 0 Å². The smallest absolute Gasteiger partial charge is 0.171 e. The molecule has 0 bridgehead atoms. The number of rotatable bonds is 4. The van der Waals surface area contributed by atoms with Crippen molar-refractivity contribution >= 4 is 24.1 Å². The molecule has 0 heterocycles. The first kappa shape index (κ1) is 12.1. The predicted molar refractivity (Wildman–Crippen MR) is 65.8 cm³/mol. The van der Waals surface area contributed by atoms with Crippen molar-refractivity contribution in [3.05, 3.63) is 28.8 Å². The van der Waals surface area contributed by atoms with Gasteiger partial charge in [0.1, 0.15) is 0 Å². The molecule has 0 N–H and O–H groups in total. The largest absolute Gasteiger partial charge is 0.405 e. The average molecular weight is 201 g/mol. The monoisotopic (exact) mass is 200 g/mol. The highest BCUT2D eigenvalue weighted by atomic mass is 24.5. The second-order valence-corrected chi connectivity index (χ2v) is 5.56. The molecule has 0 spiro atoms. The second-order valence-electron chi connectivity index (χ2n) is 4.09. The average Bonchev–Trinajstić information content (AvgIpc) is 2.20. The van der Waals surface area contributed by atoms with E-state index >= 15 is 0 Å². The van der Waals surface area contributed by atoms with E-state index in [1.165, 1.54) is 19.3 Å². The Bertz CT molecular complexity index is 302. The first-order chi connectivity index (χ1) is 6.70. The molecule has 0 amide bonds. The quantitative estimate of drug-likeness (QED) is 0.656. The molecule has 0 aliphatic heterocycles. The Morgan fingerprint density at radius 2 is 1.86 bits per heavy atom. The van der Waals surface area contributed by atoms with Crippen molar-refractivity contribution < 1.29 is 0 Å². The van der Waals surface area contributed by atoms with Crippen LogP contribution in [0.25, 0.3) is 0 Å². The molecule has 0 radical (unpaired) electrons. The summed E-state index contributed by atoms with van der Waals surface area (Å²) in [5, 5.41) is 2.37. The van der Waals surface area contributed by atoms with Gasteiger partial charge in [-0.25, -0.2) is 0 Å². The van der Waals surface area contributed by atoms with Gasteiger partial charge in [0.25, 0.3) is 0 Å². The minimum absolute atomic E-state index is 0.00579. The lowest BCUT2D eigenvalue weighted by Gasteiger charge is -2.12. The molecule has 1 rings (SSSR count). The van der Waals surface area contributed by atoms with E-state index in [-0.39, 0.29) is 20.4 Å². The fourth-order valence-corrected chi connectivity index (χ4v) is 3.10. The third-order valence-electron chi connectivity index (χ3n) is 3.19. The van der Waals surface area contributed by atoms with Crippen molar-refractivity contribution in [2.24, 2.45) is 0 Å². The van der Waals surface area contributed by atoms with Gasteiger partial charge in [0.15, 0.2) is 0 Å². The van der Waals surface area contributed by atoms with Gasteiger partial charge in [0.2, 0.25) is 0 Å². The molecule has 0 nitrogen and oxygen atoms in total. The summed E-state index contributed by atoms with van der Waals surface area (Å²) in [5.41, 5.74) is 4.67. The van der Waals surface area contributed by atoms with E-state index in [2.05, 4.69) is 38.0 Å². The van der Waals surface area contributed by atoms with Gasteiger partial charge in [-0.3, -0.25) is 0 Å². The molecule has 1 heteroatoms. The van der Waals surface area contributed by atoms with Crippen molar-refractivity contribution in [3.63, 3.8) is 0 Å². The molecule has 0 aliphatic rings. The Labute approximate surface area is 97.8 Å². The molecule has 0 atom stereocenters. The van der Waals surface area contributed by atoms with Crippen LogP contribution in [0.2, 0.25) is 5.05 Å². The fourth-order valence-electron chi connectivity index (χ4n) is 1.95. The molecule has 14 heavy (non-hydrogen) atoms. The van der Waals surface area contributed by atoms with Crippen LogP contribution in [0.3, 0.4) is 0 Å². The van der Waals surface area contributed by atoms with Crippen molar-refractivity contribution in [1.82, 2.24) is 0 Å². The molecule has 0 unspecified atom stereocenters. The van der Waals surface area contributed by atoms with Crippen LogP contribution in [0.1, 0.15) is 36.5 Å². The summed E-state index contributed by atoms with van der Waals surface area (Å²) in [6.07, 6.45) is 3.88. The van der Waals surface area contributed by atoms with Crippen molar-refractivity contribution in [3.8, 4) is 0 Å². The van der Waals surface area contributed by atoms with E-state index in [1.807, 2.05) is 0 Å². The van der Waals surface area contributed by atoms with Crippen LogP contribution in [0.4, 0.5) is 0 Å². The fraction of sp³-hybridized carbons (Fsp3) is 0.538. The van der Waals surface area contributed by atoms with Gasteiger partial charge in [-0.05, 0) is 37.8 Å². The van der Waals surface area contributed by atoms with E-state index in [4.69, 9.17) is 0 Å². The summed E-state index contributed by atoms with van der Waals surface area (Å²) < 4.78 is 1.64. The summed E-state index contributed by atoms with van der Waals surface area (Å²) in [7, 11) is 0. The first-order valence-electron chi connectivity index (χ1n) is 5.78. The van der Waals surface area contributed by atoms with E-state index in [0.29, 0.717) is 0 Å². The van der Waals surface area contributed by atoms with E-state index < -0.39 is 0 Å². The second kappa shape index (κ2) is 5.77. The van der Waals surface area contributed by atoms with Gasteiger partial charge in [-0.1, -0.05) is 31.0 Å². The van der Waals surface area contributed by atoms with Crippen LogP contribution < -0.4 is 3.69 Å². The summed E-state index contributed by atoms with van der Waals surface area (Å²) >= 11 is 0.00579. The van der Waals surface area contributed by atoms with Crippen LogP contribution in [0.15, 0.2) is 12.1 Å². The highest BCUT2D eigenvalue weighted by Crippen LogP contribution is 2.13. The van der Waals surface area contributed by atoms with E-state index in [0.717, 1.165) is 0 Å². The van der Waals surface area contributed by atoms with Gasteiger partial charge in [-0.2, -0.15) is 3.69 Å². The highest BCUT2D eigenvalue weighted by molar-refractivity contribution is 6.52. The van der Waals surface area contributed by atoms with E-state index in [1.54, 1.807) is 20.4 Å². The Morgan fingerprint density at radius 3 is 2.43 bits per heavy atom. The molecule has 0 saturated carbocycles. The SMILES string of the molecule is CCCCc1cc[c]([Mg][CH3])c(C)c1C. The number of aryl methyl sites for hydroxylation is 1. The Hall–Kier alpha value is -0.0138. The van der Waals surface area contributed by atoms with Gasteiger partial charge in [-0.15, -0.1) is 5.05 Å². The summed E-state index contributed by atoms with van der Waals surface area (Å²) in [6, 6.07) is 4.71. The number of unbranched alkanes of at least 4 members (excludes halogenated alkanes) is 1. The van der Waals surface area contributed by atoms with Crippen LogP contribution >= 0.6 is 0 Å². The van der Waals surface area contributed by atoms with Gasteiger partial charge < -0.3 is 0 Å². The van der Waals surface area contributed by atoms with Gasteiger partial charge in [0.05, 0.1) is 0 Å². The zero-order valence-corrected chi connectivity index (χ0v) is 11.4. The number of benzene rings is 1. The normalized spacial score (nSPS) is 10.0. The lowest BCUT2D eigenvalue weighted by molar-refractivity contribution is 0.790. The van der Waals surface area contributed by atoms with Crippen molar-refractivity contribution in [2.45, 2.75) is 45.1 Å². The Balaban J connectivity index is 2.92. The number of hydrogen-bond acceptors (Lipinski definition) is 0. The Kier molecular flexibility index (Phi) is 4.97. The zero-order chi connectivity index (χ0) is 10.6. The maximum absolute atomic E-state index is 2.37. The van der Waals surface area contributed by atoms with Gasteiger partial charge in [0, 0.05) is 0 Å². The molecule has 0 aromatic heterocycles. The summed E-state index contributed by atoms with van der Waals surface area (Å²) in [4.78, 5) is 0. The molecule has 0 saturated heterocycles. The molecular formula is C13H20Mg. The lowest BCUT2D eigenvalue weighted by atomic mass is 9.99. The molecular weight excluding hydrogens is 180 g/mol. The van der Waals surface area contributed by atoms with Crippen LogP contribution in [-0.4, -0.2) is 20.4 Å². The summed E-state index contributed by atoms with van der Waals surface area (Å²) in [6.45, 7) is 6.83. The van der Waals surface area contributed by atoms with Crippen LogP contribution in [0.5, 0.6) is 0 Å². The topological polar surface area (TPSA) is 0 Å². The first-order valence-corrected chi connectivity index (χ1v) is 7.90. The third-order valence-corrected chi connectivity index (χ3v) is 4.72. The van der Waals surface area contributed by atoms with Gasteiger partial charge >= 0.3 is 20.4 Å². The van der Waals surface area contributed by atoms with Crippen LogP contribution in [-0.2, 0) is 6.42 Å². The molecule has 1 aromatic rings. The van der Waals surface area contributed by atoms with Crippen LogP contribution in [0, 0.1) is 13.8 Å².